The maximum Gasteiger partial charge on any atom is 0.225 e. The molecule has 0 spiro atoms. The summed E-state index contributed by atoms with van der Waals surface area (Å²) in [7, 11) is -2.24. The Morgan fingerprint density at radius 1 is 1.10 bits per heavy atom. The van der Waals surface area contributed by atoms with E-state index in [1.807, 2.05) is 12.1 Å². The van der Waals surface area contributed by atoms with E-state index in [1.54, 1.807) is 42.7 Å². The molecule has 0 aliphatic carbocycles. The third kappa shape index (κ3) is 6.38. The maximum absolute atomic E-state index is 10.7. The van der Waals surface area contributed by atoms with E-state index in [4.69, 9.17) is 9.66 Å². The molecule has 0 bridgehead atoms. The molecule has 0 aliphatic heterocycles. The van der Waals surface area contributed by atoms with Crippen molar-refractivity contribution in [2.45, 2.75) is 6.42 Å². The van der Waals surface area contributed by atoms with Gasteiger partial charge in [0.15, 0.2) is 5.82 Å². The third-order valence-corrected chi connectivity index (χ3v) is 4.05. The van der Waals surface area contributed by atoms with Crippen molar-refractivity contribution in [2.75, 3.05) is 29.3 Å². The van der Waals surface area contributed by atoms with Crippen LogP contribution in [-0.2, 0) is 15.1 Å². The first-order valence-electron chi connectivity index (χ1n) is 8.73. The van der Waals surface area contributed by atoms with E-state index in [9.17, 15) is 4.21 Å². The van der Waals surface area contributed by atoms with Crippen molar-refractivity contribution in [3.8, 4) is 11.3 Å². The van der Waals surface area contributed by atoms with Crippen LogP contribution in [-0.4, -0.2) is 37.8 Å². The first-order chi connectivity index (χ1) is 14.1. The minimum Gasteiger partial charge on any atom is -0.454 e. The number of hydrazine groups is 1. The molecule has 0 fully saturated rings. The minimum atomic E-state index is -2.24. The van der Waals surface area contributed by atoms with Crippen LogP contribution in [0.25, 0.3) is 11.3 Å². The fourth-order valence-corrected chi connectivity index (χ4v) is 2.67. The minimum absolute atomic E-state index is 0.0775. The lowest BCUT2D eigenvalue weighted by atomic mass is 10.2. The van der Waals surface area contributed by atoms with Gasteiger partial charge >= 0.3 is 0 Å². The van der Waals surface area contributed by atoms with Gasteiger partial charge in [0, 0.05) is 42.9 Å². The second kappa shape index (κ2) is 10.3. The lowest BCUT2D eigenvalue weighted by Crippen LogP contribution is -2.13. The Morgan fingerprint density at radius 3 is 2.62 bits per heavy atom. The lowest BCUT2D eigenvalue weighted by molar-refractivity contribution is 0.292. The summed E-state index contributed by atoms with van der Waals surface area (Å²) < 4.78 is 23.0. The maximum atomic E-state index is 10.7. The quantitative estimate of drug-likeness (QED) is 0.154. The van der Waals surface area contributed by atoms with Crippen LogP contribution in [0.4, 0.5) is 23.1 Å². The second-order valence-electron chi connectivity index (χ2n) is 5.83. The summed E-state index contributed by atoms with van der Waals surface area (Å²) in [5.74, 6) is 0.944. The van der Waals surface area contributed by atoms with E-state index in [0.29, 0.717) is 41.8 Å². The van der Waals surface area contributed by atoms with Crippen molar-refractivity contribution in [3.05, 3.63) is 54.9 Å². The summed E-state index contributed by atoms with van der Waals surface area (Å²) in [6, 6.07) is 12.2. The number of aliphatic hydroxyl groups is 1. The van der Waals surface area contributed by atoms with Gasteiger partial charge in [0.1, 0.15) is 0 Å². The highest BCUT2D eigenvalue weighted by atomic mass is 32.2. The molecule has 3 aromatic rings. The van der Waals surface area contributed by atoms with E-state index >= 15 is 0 Å². The fraction of sp³-hybridized carbons (Fsp3) is 0.167. The molecule has 0 saturated carbocycles. The van der Waals surface area contributed by atoms with Crippen molar-refractivity contribution < 1.29 is 13.9 Å². The molecule has 5 N–H and O–H groups in total. The molecule has 2 heterocycles. The van der Waals surface area contributed by atoms with Crippen LogP contribution in [0.3, 0.4) is 0 Å². The fourth-order valence-electron chi connectivity index (χ4n) is 2.36. The third-order valence-electron chi connectivity index (χ3n) is 3.69. The zero-order chi connectivity index (χ0) is 20.5. The molecule has 0 saturated heterocycles. The average molecular weight is 414 g/mol. The molecule has 0 atom stereocenters. The van der Waals surface area contributed by atoms with Crippen molar-refractivity contribution in [1.29, 1.82) is 0 Å². The van der Waals surface area contributed by atoms with E-state index in [-0.39, 0.29) is 6.61 Å². The molecule has 1 aromatic carbocycles. The van der Waals surface area contributed by atoms with Gasteiger partial charge in [-0.1, -0.05) is 10.9 Å². The summed E-state index contributed by atoms with van der Waals surface area (Å²) in [4.78, 5) is 13.0. The molecule has 0 unspecified atom stereocenters. The Bertz CT molecular complexity index is 1010. The van der Waals surface area contributed by atoms with Gasteiger partial charge in [-0.3, -0.25) is 15.8 Å². The van der Waals surface area contributed by atoms with Gasteiger partial charge < -0.3 is 23.5 Å². The van der Waals surface area contributed by atoms with Crippen LogP contribution in [0.15, 0.2) is 59.2 Å². The zero-order valence-corrected chi connectivity index (χ0v) is 16.1. The number of aromatic nitrogens is 3. The number of hydrogen-bond donors (Lipinski definition) is 5. The first kappa shape index (κ1) is 20.5. The number of aliphatic hydroxyl groups excluding tert-OH is 1. The Balaban J connectivity index is 1.77. The second-order valence-corrected chi connectivity index (χ2v) is 6.47. The highest BCUT2D eigenvalue weighted by Gasteiger charge is 2.07. The highest BCUT2D eigenvalue weighted by molar-refractivity contribution is 7.68. The van der Waals surface area contributed by atoms with Gasteiger partial charge in [-0.05, 0) is 42.8 Å². The first-order valence-corrected chi connectivity index (χ1v) is 9.79. The predicted molar refractivity (Wildman–Crippen MR) is 112 cm³/mol. The van der Waals surface area contributed by atoms with E-state index in [0.717, 1.165) is 5.56 Å². The number of anilines is 3. The molecule has 0 amide bonds. The van der Waals surface area contributed by atoms with Gasteiger partial charge in [0.05, 0.1) is 11.4 Å². The molecular formula is C18H20N7O3S-. The Morgan fingerprint density at radius 2 is 1.93 bits per heavy atom. The Labute approximate surface area is 169 Å². The summed E-state index contributed by atoms with van der Waals surface area (Å²) >= 11 is 0. The normalized spacial score (nSPS) is 11.8. The van der Waals surface area contributed by atoms with Crippen molar-refractivity contribution >= 4 is 34.0 Å². The van der Waals surface area contributed by atoms with Crippen molar-refractivity contribution in [1.82, 2.24) is 15.0 Å². The summed E-state index contributed by atoms with van der Waals surface area (Å²) in [6.07, 6.45) is 3.98. The monoisotopic (exact) mass is 414 g/mol. The van der Waals surface area contributed by atoms with Gasteiger partial charge in [-0.2, -0.15) is 4.98 Å². The number of pyridine rings is 1. The van der Waals surface area contributed by atoms with Gasteiger partial charge in [-0.15, -0.1) is 0 Å². The van der Waals surface area contributed by atoms with E-state index in [1.165, 1.54) is 0 Å². The van der Waals surface area contributed by atoms with Crippen molar-refractivity contribution in [3.63, 3.8) is 0 Å². The molecule has 0 aliphatic rings. The molecule has 152 valence electrons. The smallest absolute Gasteiger partial charge is 0.225 e. The van der Waals surface area contributed by atoms with Crippen LogP contribution in [0.5, 0.6) is 0 Å². The van der Waals surface area contributed by atoms with Crippen LogP contribution in [0, 0.1) is 0 Å². The van der Waals surface area contributed by atoms with Crippen LogP contribution in [0.1, 0.15) is 6.42 Å². The molecule has 3 rings (SSSR count). The molecule has 2 aromatic heterocycles. The number of nitrogens with one attached hydrogen (secondary N) is 3. The van der Waals surface area contributed by atoms with Gasteiger partial charge in [0.2, 0.25) is 5.95 Å². The Hall–Kier alpha value is -3.28. The average Bonchev–Trinajstić information content (AvgIpc) is 2.74. The number of nitrogens with zero attached hydrogens (tertiary/aromatic N) is 4. The van der Waals surface area contributed by atoms with E-state index < -0.39 is 10.9 Å². The number of benzene rings is 1. The van der Waals surface area contributed by atoms with Crippen LogP contribution < -0.4 is 16.2 Å². The SMILES string of the molecule is O=[S-](O)=Nc1ccc(NNc2cc(-c3cccnc3)nc(NCCCO)n2)cc1. The summed E-state index contributed by atoms with van der Waals surface area (Å²) in [6.45, 7) is 0.616. The molecule has 29 heavy (non-hydrogen) atoms. The topological polar surface area (TPSA) is 145 Å². The summed E-state index contributed by atoms with van der Waals surface area (Å²) in [5, 5.41) is 12.0. The zero-order valence-electron chi connectivity index (χ0n) is 15.3. The molecule has 10 nitrogen and oxygen atoms in total. The molecule has 0 radical (unpaired) electrons. The summed E-state index contributed by atoms with van der Waals surface area (Å²) in [5.41, 5.74) is 8.65. The number of rotatable bonds is 9. The standard InChI is InChI=1S/C18H20N7O3S/c26-10-2-9-20-18-21-16(13-3-1-8-19-12-13)11-17(22-18)24-23-14-4-6-15(7-5-14)25-29(27)28/h1,3-8,11-12,23,26H,2,9-10H2,(H,25,27,28)(H2,20,21,22,24)/q-1. The van der Waals surface area contributed by atoms with Gasteiger partial charge in [0.25, 0.3) is 0 Å². The van der Waals surface area contributed by atoms with E-state index in [2.05, 4.69) is 35.5 Å². The lowest BCUT2D eigenvalue weighted by Gasteiger charge is -2.13. The largest absolute Gasteiger partial charge is 0.454 e. The van der Waals surface area contributed by atoms with Crippen LogP contribution in [0.2, 0.25) is 0 Å². The highest BCUT2D eigenvalue weighted by Crippen LogP contribution is 2.21. The molecular weight excluding hydrogens is 394 g/mol. The van der Waals surface area contributed by atoms with Crippen molar-refractivity contribution in [2.24, 2.45) is 4.36 Å². The van der Waals surface area contributed by atoms with Crippen LogP contribution >= 0.6 is 0 Å². The number of hydrogen-bond acceptors (Lipinski definition) is 10. The van der Waals surface area contributed by atoms with Gasteiger partial charge in [-0.25, -0.2) is 4.98 Å². The molecule has 11 heteroatoms. The predicted octanol–water partition coefficient (Wildman–Crippen LogP) is 3.02. The Kier molecular flexibility index (Phi) is 7.28.